The fourth-order valence-corrected chi connectivity index (χ4v) is 2.36. The minimum absolute atomic E-state index is 0.159. The van der Waals surface area contributed by atoms with Crippen molar-refractivity contribution in [2.24, 2.45) is 0 Å². The van der Waals surface area contributed by atoms with E-state index in [0.29, 0.717) is 16.7 Å². The van der Waals surface area contributed by atoms with Gasteiger partial charge in [-0.3, -0.25) is 0 Å². The monoisotopic (exact) mass is 306 g/mol. The smallest absolute Gasteiger partial charge is 0.212 e. The molecule has 2 rings (SSSR count). The summed E-state index contributed by atoms with van der Waals surface area (Å²) in [6.07, 6.45) is 2.65. The lowest BCUT2D eigenvalue weighted by atomic mass is 10.00. The number of aromatic nitrogens is 1. The summed E-state index contributed by atoms with van der Waals surface area (Å²) in [7, 11) is 5.16. The van der Waals surface area contributed by atoms with Crippen LogP contribution < -0.4 is 14.8 Å². The standard InChI is InChI=1S/C16H19ClN2O2/c1-18-14(8-11-4-7-16(21-3)19-10-11)12-5-6-13(17)15(9-12)20-2/h4-7,9-10,14,18H,8H2,1-3H3. The Morgan fingerprint density at radius 3 is 2.57 bits per heavy atom. The number of likely N-dealkylation sites (N-methyl/N-ethyl adjacent to an activating group) is 1. The second-order valence-corrected chi connectivity index (χ2v) is 5.06. The van der Waals surface area contributed by atoms with E-state index >= 15 is 0 Å². The van der Waals surface area contributed by atoms with Crippen molar-refractivity contribution in [1.29, 1.82) is 0 Å². The lowest BCUT2D eigenvalue weighted by Gasteiger charge is -2.18. The van der Waals surface area contributed by atoms with Crippen molar-refractivity contribution >= 4 is 11.6 Å². The molecule has 0 bridgehead atoms. The molecule has 21 heavy (non-hydrogen) atoms. The van der Waals surface area contributed by atoms with Crippen LogP contribution >= 0.6 is 11.6 Å². The largest absolute Gasteiger partial charge is 0.495 e. The van der Waals surface area contributed by atoms with E-state index in [1.54, 1.807) is 14.2 Å². The third-order valence-corrected chi connectivity index (χ3v) is 3.68. The summed E-state index contributed by atoms with van der Waals surface area (Å²) < 4.78 is 10.3. The van der Waals surface area contributed by atoms with Gasteiger partial charge in [-0.2, -0.15) is 0 Å². The predicted molar refractivity (Wildman–Crippen MR) is 84.3 cm³/mol. The first-order valence-corrected chi connectivity index (χ1v) is 7.05. The van der Waals surface area contributed by atoms with Gasteiger partial charge in [0.15, 0.2) is 0 Å². The Kier molecular flexibility index (Phi) is 5.42. The fraction of sp³-hybridized carbons (Fsp3) is 0.312. The fourth-order valence-electron chi connectivity index (χ4n) is 2.17. The van der Waals surface area contributed by atoms with Gasteiger partial charge in [0.2, 0.25) is 5.88 Å². The zero-order valence-corrected chi connectivity index (χ0v) is 13.1. The summed E-state index contributed by atoms with van der Waals surface area (Å²) in [6.45, 7) is 0. The van der Waals surface area contributed by atoms with E-state index in [-0.39, 0.29) is 6.04 Å². The van der Waals surface area contributed by atoms with Crippen molar-refractivity contribution in [2.75, 3.05) is 21.3 Å². The molecule has 0 aliphatic rings. The molecule has 0 aliphatic heterocycles. The van der Waals surface area contributed by atoms with Gasteiger partial charge in [-0.1, -0.05) is 23.7 Å². The number of rotatable bonds is 6. The summed E-state index contributed by atoms with van der Waals surface area (Å²) in [6, 6.07) is 9.86. The Bertz CT molecular complexity index is 587. The molecule has 0 spiro atoms. The maximum Gasteiger partial charge on any atom is 0.212 e. The zero-order valence-electron chi connectivity index (χ0n) is 12.4. The second-order valence-electron chi connectivity index (χ2n) is 4.65. The Morgan fingerprint density at radius 1 is 1.19 bits per heavy atom. The van der Waals surface area contributed by atoms with E-state index in [0.717, 1.165) is 17.5 Å². The van der Waals surface area contributed by atoms with E-state index < -0.39 is 0 Å². The van der Waals surface area contributed by atoms with Crippen molar-refractivity contribution in [3.63, 3.8) is 0 Å². The minimum atomic E-state index is 0.159. The molecule has 4 nitrogen and oxygen atoms in total. The van der Waals surface area contributed by atoms with Crippen molar-refractivity contribution in [3.8, 4) is 11.6 Å². The molecule has 5 heteroatoms. The molecular formula is C16H19ClN2O2. The Morgan fingerprint density at radius 2 is 2.00 bits per heavy atom. The first-order valence-electron chi connectivity index (χ1n) is 6.67. The molecule has 0 saturated heterocycles. The summed E-state index contributed by atoms with van der Waals surface area (Å²) in [5.74, 6) is 1.30. The summed E-state index contributed by atoms with van der Waals surface area (Å²) in [4.78, 5) is 4.23. The molecule has 0 fully saturated rings. The number of ether oxygens (including phenoxy) is 2. The lowest BCUT2D eigenvalue weighted by Crippen LogP contribution is -2.19. The summed E-state index contributed by atoms with van der Waals surface area (Å²) in [5, 5.41) is 3.92. The minimum Gasteiger partial charge on any atom is -0.495 e. The number of nitrogens with zero attached hydrogens (tertiary/aromatic N) is 1. The highest BCUT2D eigenvalue weighted by Crippen LogP contribution is 2.29. The summed E-state index contributed by atoms with van der Waals surface area (Å²) in [5.41, 5.74) is 2.25. The van der Waals surface area contributed by atoms with Gasteiger partial charge >= 0.3 is 0 Å². The van der Waals surface area contributed by atoms with E-state index in [2.05, 4.69) is 10.3 Å². The van der Waals surface area contributed by atoms with Gasteiger partial charge in [0, 0.05) is 18.3 Å². The molecule has 0 aliphatic carbocycles. The average molecular weight is 307 g/mol. The predicted octanol–water partition coefficient (Wildman–Crippen LogP) is 3.26. The van der Waals surface area contributed by atoms with Crippen LogP contribution in [-0.2, 0) is 6.42 Å². The van der Waals surface area contributed by atoms with E-state index in [9.17, 15) is 0 Å². The molecule has 112 valence electrons. The Labute approximate surface area is 130 Å². The normalized spacial score (nSPS) is 12.0. The van der Waals surface area contributed by atoms with Gasteiger partial charge in [-0.25, -0.2) is 4.98 Å². The Balaban J connectivity index is 2.18. The molecule has 0 radical (unpaired) electrons. The SMILES string of the molecule is CNC(Cc1ccc(OC)nc1)c1ccc(Cl)c(OC)c1. The first-order chi connectivity index (χ1) is 10.2. The van der Waals surface area contributed by atoms with Crippen LogP contribution in [0.5, 0.6) is 11.6 Å². The molecule has 1 N–H and O–H groups in total. The van der Waals surface area contributed by atoms with Crippen molar-refractivity contribution in [3.05, 3.63) is 52.7 Å². The van der Waals surface area contributed by atoms with Crippen LogP contribution in [0.2, 0.25) is 5.02 Å². The van der Waals surface area contributed by atoms with Crippen LogP contribution in [0.3, 0.4) is 0 Å². The number of methoxy groups -OCH3 is 2. The quantitative estimate of drug-likeness (QED) is 0.889. The summed E-state index contributed by atoms with van der Waals surface area (Å²) >= 11 is 6.07. The van der Waals surface area contributed by atoms with E-state index in [4.69, 9.17) is 21.1 Å². The number of benzene rings is 1. The molecule has 2 aromatic rings. The molecule has 0 saturated carbocycles. The van der Waals surface area contributed by atoms with Crippen LogP contribution in [0.4, 0.5) is 0 Å². The first kappa shape index (κ1) is 15.6. The molecular weight excluding hydrogens is 288 g/mol. The topological polar surface area (TPSA) is 43.4 Å². The molecule has 1 unspecified atom stereocenters. The third kappa shape index (κ3) is 3.86. The van der Waals surface area contributed by atoms with Crippen molar-refractivity contribution in [1.82, 2.24) is 10.3 Å². The van der Waals surface area contributed by atoms with Gasteiger partial charge < -0.3 is 14.8 Å². The van der Waals surface area contributed by atoms with E-state index in [1.165, 1.54) is 0 Å². The average Bonchev–Trinajstić information content (AvgIpc) is 2.54. The highest BCUT2D eigenvalue weighted by molar-refractivity contribution is 6.32. The van der Waals surface area contributed by atoms with Crippen LogP contribution in [-0.4, -0.2) is 26.3 Å². The lowest BCUT2D eigenvalue weighted by molar-refractivity contribution is 0.397. The van der Waals surface area contributed by atoms with E-state index in [1.807, 2.05) is 43.6 Å². The molecule has 1 atom stereocenters. The number of hydrogen-bond acceptors (Lipinski definition) is 4. The maximum atomic E-state index is 6.07. The highest BCUT2D eigenvalue weighted by atomic mass is 35.5. The highest BCUT2D eigenvalue weighted by Gasteiger charge is 2.13. The number of nitrogens with one attached hydrogen (secondary N) is 1. The maximum absolute atomic E-state index is 6.07. The van der Waals surface area contributed by atoms with Crippen LogP contribution in [0.15, 0.2) is 36.5 Å². The molecule has 0 amide bonds. The molecule has 1 aromatic carbocycles. The van der Waals surface area contributed by atoms with Gasteiger partial charge in [0.25, 0.3) is 0 Å². The second kappa shape index (κ2) is 7.29. The Hall–Kier alpha value is -1.78. The van der Waals surface area contributed by atoms with Gasteiger partial charge in [0.05, 0.1) is 19.2 Å². The van der Waals surface area contributed by atoms with Crippen LogP contribution in [0.1, 0.15) is 17.2 Å². The van der Waals surface area contributed by atoms with Gasteiger partial charge in [-0.05, 0) is 36.7 Å². The van der Waals surface area contributed by atoms with Crippen molar-refractivity contribution in [2.45, 2.75) is 12.5 Å². The molecule has 1 aromatic heterocycles. The van der Waals surface area contributed by atoms with Crippen LogP contribution in [0.25, 0.3) is 0 Å². The van der Waals surface area contributed by atoms with Crippen LogP contribution in [0, 0.1) is 0 Å². The number of pyridine rings is 1. The third-order valence-electron chi connectivity index (χ3n) is 3.37. The number of halogens is 1. The van der Waals surface area contributed by atoms with Gasteiger partial charge in [0.1, 0.15) is 5.75 Å². The number of hydrogen-bond donors (Lipinski definition) is 1. The zero-order chi connectivity index (χ0) is 15.2. The van der Waals surface area contributed by atoms with Gasteiger partial charge in [-0.15, -0.1) is 0 Å². The van der Waals surface area contributed by atoms with Crippen molar-refractivity contribution < 1.29 is 9.47 Å². The molecule has 1 heterocycles.